The molecular formula is C12H10Cl2N2O3. The van der Waals surface area contributed by atoms with Gasteiger partial charge in [0.1, 0.15) is 12.0 Å². The summed E-state index contributed by atoms with van der Waals surface area (Å²) in [5, 5.41) is 3.50. The first-order chi connectivity index (χ1) is 9.15. The molecule has 0 radical (unpaired) electrons. The second-order valence-electron chi connectivity index (χ2n) is 3.62. The van der Waals surface area contributed by atoms with Crippen molar-refractivity contribution in [1.29, 1.82) is 0 Å². The van der Waals surface area contributed by atoms with Crippen LogP contribution in [0.25, 0.3) is 0 Å². The molecule has 0 aliphatic carbocycles. The van der Waals surface area contributed by atoms with Gasteiger partial charge < -0.3 is 14.5 Å². The van der Waals surface area contributed by atoms with Crippen molar-refractivity contribution in [3.05, 3.63) is 46.6 Å². The van der Waals surface area contributed by atoms with Crippen LogP contribution in [0.15, 0.2) is 35.3 Å². The Balaban J connectivity index is 1.80. The van der Waals surface area contributed by atoms with Gasteiger partial charge >= 0.3 is 0 Å². The number of nitrogens with one attached hydrogen (secondary N) is 1. The molecule has 0 spiro atoms. The number of aromatic nitrogens is 1. The first kappa shape index (κ1) is 13.7. The van der Waals surface area contributed by atoms with Crippen LogP contribution in [0, 0.1) is 0 Å². The van der Waals surface area contributed by atoms with Crippen molar-refractivity contribution >= 4 is 29.1 Å². The van der Waals surface area contributed by atoms with Crippen LogP contribution >= 0.6 is 23.2 Å². The largest absolute Gasteiger partial charge is 0.482 e. The predicted molar refractivity (Wildman–Crippen MR) is 70.3 cm³/mol. The van der Waals surface area contributed by atoms with Crippen molar-refractivity contribution < 1.29 is 13.9 Å². The summed E-state index contributed by atoms with van der Waals surface area (Å²) in [6.07, 6.45) is 2.75. The minimum absolute atomic E-state index is 0.140. The summed E-state index contributed by atoms with van der Waals surface area (Å²) in [7, 11) is 0. The molecule has 0 aliphatic heterocycles. The molecule has 100 valence electrons. The smallest absolute Gasteiger partial charge is 0.258 e. The van der Waals surface area contributed by atoms with Gasteiger partial charge in [0.15, 0.2) is 13.0 Å². The fourth-order valence-corrected chi connectivity index (χ4v) is 1.76. The number of carbonyl (C=O) groups excluding carboxylic acids is 1. The standard InChI is InChI=1S/C12H10Cl2N2O3/c13-8-1-2-11(10(14)3-8)19-6-12(17)15-4-9-5-18-7-16-9/h1-3,5,7H,4,6H2,(H,15,17). The van der Waals surface area contributed by atoms with E-state index in [0.717, 1.165) is 0 Å². The Morgan fingerprint density at radius 1 is 1.42 bits per heavy atom. The summed E-state index contributed by atoms with van der Waals surface area (Å²) in [5.41, 5.74) is 0.637. The first-order valence-electron chi connectivity index (χ1n) is 5.37. The van der Waals surface area contributed by atoms with Gasteiger partial charge in [0.25, 0.3) is 5.91 Å². The summed E-state index contributed by atoms with van der Waals surface area (Å²) in [6.45, 7) is 0.145. The van der Waals surface area contributed by atoms with Gasteiger partial charge in [0.2, 0.25) is 0 Å². The minimum atomic E-state index is -0.283. The van der Waals surface area contributed by atoms with Crippen molar-refractivity contribution in [3.8, 4) is 5.75 Å². The Morgan fingerprint density at radius 3 is 2.95 bits per heavy atom. The highest BCUT2D eigenvalue weighted by Gasteiger charge is 2.07. The van der Waals surface area contributed by atoms with E-state index in [2.05, 4.69) is 10.3 Å². The number of carbonyl (C=O) groups is 1. The van der Waals surface area contributed by atoms with E-state index in [1.54, 1.807) is 18.2 Å². The molecule has 1 N–H and O–H groups in total. The maximum Gasteiger partial charge on any atom is 0.258 e. The van der Waals surface area contributed by atoms with E-state index in [0.29, 0.717) is 21.5 Å². The van der Waals surface area contributed by atoms with Crippen molar-refractivity contribution in [1.82, 2.24) is 10.3 Å². The van der Waals surface area contributed by atoms with Crippen molar-refractivity contribution in [3.63, 3.8) is 0 Å². The molecule has 0 saturated heterocycles. The highest BCUT2D eigenvalue weighted by Crippen LogP contribution is 2.27. The van der Waals surface area contributed by atoms with Crippen molar-refractivity contribution in [2.45, 2.75) is 6.54 Å². The Bertz CT molecular complexity index is 558. The molecular weight excluding hydrogens is 291 g/mol. The molecule has 5 nitrogen and oxygen atoms in total. The zero-order valence-corrected chi connectivity index (χ0v) is 11.2. The number of oxazole rings is 1. The van der Waals surface area contributed by atoms with Crippen LogP contribution < -0.4 is 10.1 Å². The van der Waals surface area contributed by atoms with Crippen LogP contribution in [0.2, 0.25) is 10.0 Å². The number of amides is 1. The lowest BCUT2D eigenvalue weighted by molar-refractivity contribution is -0.123. The molecule has 2 aromatic rings. The Kier molecular flexibility index (Phi) is 4.65. The van der Waals surface area contributed by atoms with E-state index >= 15 is 0 Å². The second-order valence-corrected chi connectivity index (χ2v) is 4.46. The zero-order chi connectivity index (χ0) is 13.7. The summed E-state index contributed by atoms with van der Waals surface area (Å²) in [4.78, 5) is 15.4. The van der Waals surface area contributed by atoms with Gasteiger partial charge in [-0.2, -0.15) is 0 Å². The fraction of sp³-hybridized carbons (Fsp3) is 0.167. The third-order valence-electron chi connectivity index (χ3n) is 2.20. The Morgan fingerprint density at radius 2 is 2.26 bits per heavy atom. The molecule has 2 rings (SSSR count). The van der Waals surface area contributed by atoms with E-state index in [1.165, 1.54) is 12.7 Å². The lowest BCUT2D eigenvalue weighted by Crippen LogP contribution is -2.28. The second kappa shape index (κ2) is 6.45. The molecule has 7 heteroatoms. The SMILES string of the molecule is O=C(COc1ccc(Cl)cc1Cl)NCc1cocn1. The van der Waals surface area contributed by atoms with Crippen LogP contribution in [-0.2, 0) is 11.3 Å². The topological polar surface area (TPSA) is 64.4 Å². The van der Waals surface area contributed by atoms with Crippen molar-refractivity contribution in [2.75, 3.05) is 6.61 Å². The van der Waals surface area contributed by atoms with Gasteiger partial charge in [-0.15, -0.1) is 0 Å². The summed E-state index contributed by atoms with van der Waals surface area (Å²) < 4.78 is 10.1. The Labute approximate surface area is 119 Å². The zero-order valence-electron chi connectivity index (χ0n) is 9.73. The van der Waals surface area contributed by atoms with Crippen molar-refractivity contribution in [2.24, 2.45) is 0 Å². The molecule has 0 atom stereocenters. The molecule has 0 aliphatic rings. The van der Waals surface area contributed by atoms with E-state index in [1.807, 2.05) is 0 Å². The molecule has 19 heavy (non-hydrogen) atoms. The van der Waals surface area contributed by atoms with Gasteiger partial charge in [-0.25, -0.2) is 4.98 Å². The van der Waals surface area contributed by atoms with Gasteiger partial charge in [-0.1, -0.05) is 23.2 Å². The van der Waals surface area contributed by atoms with E-state index < -0.39 is 0 Å². The number of nitrogens with zero attached hydrogens (tertiary/aromatic N) is 1. The average Bonchev–Trinajstić information content (AvgIpc) is 2.88. The predicted octanol–water partition coefficient (Wildman–Crippen LogP) is 2.68. The van der Waals surface area contributed by atoms with Crippen LogP contribution in [0.3, 0.4) is 0 Å². The van der Waals surface area contributed by atoms with Gasteiger partial charge in [-0.3, -0.25) is 4.79 Å². The molecule has 1 aromatic heterocycles. The number of ether oxygens (including phenoxy) is 1. The average molecular weight is 301 g/mol. The first-order valence-corrected chi connectivity index (χ1v) is 6.12. The molecule has 0 fully saturated rings. The van der Waals surface area contributed by atoms with E-state index in [4.69, 9.17) is 32.4 Å². The minimum Gasteiger partial charge on any atom is -0.482 e. The quantitative estimate of drug-likeness (QED) is 0.922. The monoisotopic (exact) mass is 300 g/mol. The van der Waals surface area contributed by atoms with E-state index in [-0.39, 0.29) is 19.1 Å². The van der Waals surface area contributed by atoms with Gasteiger partial charge in [0, 0.05) is 5.02 Å². The molecule has 0 saturated carbocycles. The molecule has 1 amide bonds. The van der Waals surface area contributed by atoms with Crippen LogP contribution in [-0.4, -0.2) is 17.5 Å². The summed E-state index contributed by atoms with van der Waals surface area (Å²) in [5.74, 6) is 0.122. The molecule has 1 aromatic carbocycles. The van der Waals surface area contributed by atoms with Gasteiger partial charge in [0.05, 0.1) is 17.3 Å². The molecule has 0 bridgehead atoms. The summed E-state index contributed by atoms with van der Waals surface area (Å²) >= 11 is 11.7. The highest BCUT2D eigenvalue weighted by molar-refractivity contribution is 6.35. The third kappa shape index (κ3) is 4.15. The maximum absolute atomic E-state index is 11.5. The molecule has 0 unspecified atom stereocenters. The number of halogens is 2. The fourth-order valence-electron chi connectivity index (χ4n) is 1.30. The lowest BCUT2D eigenvalue weighted by Gasteiger charge is -2.08. The van der Waals surface area contributed by atoms with Crippen LogP contribution in [0.5, 0.6) is 5.75 Å². The molecule has 1 heterocycles. The maximum atomic E-state index is 11.5. The number of rotatable bonds is 5. The van der Waals surface area contributed by atoms with Crippen LogP contribution in [0.4, 0.5) is 0 Å². The number of hydrogen-bond donors (Lipinski definition) is 1. The summed E-state index contributed by atoms with van der Waals surface area (Å²) in [6, 6.07) is 4.79. The normalized spacial score (nSPS) is 10.2. The highest BCUT2D eigenvalue weighted by atomic mass is 35.5. The van der Waals surface area contributed by atoms with E-state index in [9.17, 15) is 4.79 Å². The third-order valence-corrected chi connectivity index (χ3v) is 2.73. The Hall–Kier alpha value is -1.72. The van der Waals surface area contributed by atoms with Gasteiger partial charge in [-0.05, 0) is 18.2 Å². The number of hydrogen-bond acceptors (Lipinski definition) is 4. The lowest BCUT2D eigenvalue weighted by atomic mass is 10.3. The van der Waals surface area contributed by atoms with Crippen LogP contribution in [0.1, 0.15) is 5.69 Å². The number of benzene rings is 1.